The van der Waals surface area contributed by atoms with E-state index in [1.54, 1.807) is 13.2 Å². The van der Waals surface area contributed by atoms with Crippen molar-refractivity contribution in [3.05, 3.63) is 23.9 Å². The zero-order chi connectivity index (χ0) is 18.5. The monoisotopic (exact) mass is 349 g/mol. The lowest BCUT2D eigenvalue weighted by Crippen LogP contribution is -2.42. The Kier molecular flexibility index (Phi) is 10.6. The molecule has 0 saturated carbocycles. The van der Waals surface area contributed by atoms with E-state index in [-0.39, 0.29) is 0 Å². The van der Waals surface area contributed by atoms with Crippen molar-refractivity contribution in [3.8, 4) is 5.88 Å². The van der Waals surface area contributed by atoms with Gasteiger partial charge in [0.15, 0.2) is 5.96 Å². The second kappa shape index (κ2) is 12.5. The zero-order valence-electron chi connectivity index (χ0n) is 16.5. The Morgan fingerprint density at radius 2 is 2.08 bits per heavy atom. The Hall–Kier alpha value is -1.82. The lowest BCUT2D eigenvalue weighted by atomic mass is 10.2. The molecular formula is C19H35N5O. The van der Waals surface area contributed by atoms with E-state index in [0.717, 1.165) is 37.6 Å². The molecule has 142 valence electrons. The zero-order valence-corrected chi connectivity index (χ0v) is 16.5. The molecule has 0 spiro atoms. The van der Waals surface area contributed by atoms with Gasteiger partial charge in [-0.3, -0.25) is 4.99 Å². The van der Waals surface area contributed by atoms with Crippen LogP contribution in [0.4, 0.5) is 0 Å². The van der Waals surface area contributed by atoms with Gasteiger partial charge in [-0.1, -0.05) is 19.9 Å². The highest BCUT2D eigenvalue weighted by atomic mass is 16.5. The molecule has 0 aliphatic rings. The maximum atomic E-state index is 5.56. The van der Waals surface area contributed by atoms with Crippen LogP contribution in [0.2, 0.25) is 0 Å². The molecule has 1 aromatic rings. The summed E-state index contributed by atoms with van der Waals surface area (Å²) in [5.41, 5.74) is 1.03. The van der Waals surface area contributed by atoms with Crippen LogP contribution < -0.4 is 15.4 Å². The molecule has 6 nitrogen and oxygen atoms in total. The molecule has 1 unspecified atom stereocenters. The van der Waals surface area contributed by atoms with E-state index in [1.165, 1.54) is 6.42 Å². The van der Waals surface area contributed by atoms with Crippen LogP contribution in [0, 0.1) is 0 Å². The predicted molar refractivity (Wildman–Crippen MR) is 105 cm³/mol. The van der Waals surface area contributed by atoms with Crippen LogP contribution in [-0.4, -0.2) is 55.2 Å². The molecule has 1 rings (SSSR count). The molecule has 2 N–H and O–H groups in total. The van der Waals surface area contributed by atoms with Crippen molar-refractivity contribution >= 4 is 5.96 Å². The first kappa shape index (κ1) is 21.2. The first-order valence-corrected chi connectivity index (χ1v) is 9.40. The van der Waals surface area contributed by atoms with Crippen LogP contribution in [0.5, 0.6) is 5.88 Å². The lowest BCUT2D eigenvalue weighted by Gasteiger charge is -2.21. The number of aromatic nitrogens is 1. The third-order valence-electron chi connectivity index (χ3n) is 4.19. The van der Waals surface area contributed by atoms with Crippen LogP contribution in [-0.2, 0) is 6.54 Å². The minimum absolute atomic E-state index is 0.377. The molecule has 0 amide bonds. The average Bonchev–Trinajstić information content (AvgIpc) is 2.63. The lowest BCUT2D eigenvalue weighted by molar-refractivity contribution is 0.292. The molecule has 0 saturated heterocycles. The van der Waals surface area contributed by atoms with Gasteiger partial charge in [0, 0.05) is 31.4 Å². The van der Waals surface area contributed by atoms with E-state index >= 15 is 0 Å². The van der Waals surface area contributed by atoms with E-state index in [1.807, 2.05) is 19.1 Å². The molecule has 0 aliphatic heterocycles. The fourth-order valence-electron chi connectivity index (χ4n) is 2.67. The van der Waals surface area contributed by atoms with E-state index in [9.17, 15) is 0 Å². The van der Waals surface area contributed by atoms with Crippen LogP contribution in [0.3, 0.4) is 0 Å². The van der Waals surface area contributed by atoms with Crippen molar-refractivity contribution in [3.63, 3.8) is 0 Å². The summed E-state index contributed by atoms with van der Waals surface area (Å²) < 4.78 is 5.56. The number of nitrogens with one attached hydrogen (secondary N) is 2. The summed E-state index contributed by atoms with van der Waals surface area (Å²) >= 11 is 0. The van der Waals surface area contributed by atoms with Gasteiger partial charge in [0.25, 0.3) is 0 Å². The second-order valence-corrected chi connectivity index (χ2v) is 6.04. The highest BCUT2D eigenvalue weighted by Crippen LogP contribution is 2.13. The number of hydrogen-bond donors (Lipinski definition) is 2. The van der Waals surface area contributed by atoms with Gasteiger partial charge in [0.1, 0.15) is 0 Å². The highest BCUT2D eigenvalue weighted by molar-refractivity contribution is 5.79. The van der Waals surface area contributed by atoms with Gasteiger partial charge >= 0.3 is 0 Å². The summed E-state index contributed by atoms with van der Waals surface area (Å²) in [7, 11) is 1.80. The van der Waals surface area contributed by atoms with Crippen molar-refractivity contribution in [1.82, 2.24) is 20.5 Å². The maximum Gasteiger partial charge on any atom is 0.218 e. The van der Waals surface area contributed by atoms with Crippen LogP contribution in [0.1, 0.15) is 46.1 Å². The minimum atomic E-state index is 0.377. The normalized spacial score (nSPS) is 13.0. The van der Waals surface area contributed by atoms with Gasteiger partial charge in [-0.2, -0.15) is 0 Å². The number of guanidine groups is 1. The number of pyridine rings is 1. The second-order valence-electron chi connectivity index (χ2n) is 6.04. The number of hydrogen-bond acceptors (Lipinski definition) is 4. The number of ether oxygens (including phenoxy) is 1. The number of aliphatic imine (C=N–C) groups is 1. The van der Waals surface area contributed by atoms with Gasteiger partial charge < -0.3 is 20.3 Å². The molecular weight excluding hydrogens is 314 g/mol. The van der Waals surface area contributed by atoms with Gasteiger partial charge in [-0.25, -0.2) is 4.98 Å². The fraction of sp³-hybridized carbons (Fsp3) is 0.684. The van der Waals surface area contributed by atoms with Gasteiger partial charge in [-0.15, -0.1) is 0 Å². The topological polar surface area (TPSA) is 61.8 Å². The van der Waals surface area contributed by atoms with Crippen molar-refractivity contribution in [1.29, 1.82) is 0 Å². The molecule has 0 aliphatic carbocycles. The van der Waals surface area contributed by atoms with Crippen molar-refractivity contribution in [2.45, 2.75) is 53.1 Å². The van der Waals surface area contributed by atoms with Crippen molar-refractivity contribution < 1.29 is 4.74 Å². The van der Waals surface area contributed by atoms with E-state index < -0.39 is 0 Å². The van der Waals surface area contributed by atoms with Crippen LogP contribution >= 0.6 is 0 Å². The predicted octanol–water partition coefficient (Wildman–Crippen LogP) is 2.66. The van der Waals surface area contributed by atoms with E-state index in [0.29, 0.717) is 25.1 Å². The van der Waals surface area contributed by atoms with Gasteiger partial charge in [0.05, 0.1) is 6.61 Å². The molecule has 1 heterocycles. The summed E-state index contributed by atoms with van der Waals surface area (Å²) in [6.07, 6.45) is 4.05. The largest absolute Gasteiger partial charge is 0.478 e. The summed E-state index contributed by atoms with van der Waals surface area (Å²) in [6.45, 7) is 13.2. The Labute approximate surface area is 153 Å². The molecule has 6 heteroatoms. The molecule has 0 radical (unpaired) electrons. The summed E-state index contributed by atoms with van der Waals surface area (Å²) in [6, 6.07) is 4.32. The average molecular weight is 350 g/mol. The SMILES string of the molecule is CCOc1ncccc1CNC(=NC)NC(C)CCCN(CC)CC. The standard InChI is InChI=1S/C19H35N5O/c1-6-24(7-2)14-10-11-16(4)23-19(20-5)22-15-17-12-9-13-21-18(17)25-8-3/h9,12-13,16H,6-8,10-11,14-15H2,1-5H3,(H2,20,22,23). The number of rotatable bonds is 11. The molecule has 0 fully saturated rings. The molecule has 0 bridgehead atoms. The van der Waals surface area contributed by atoms with E-state index in [4.69, 9.17) is 4.74 Å². The Morgan fingerprint density at radius 3 is 2.72 bits per heavy atom. The molecule has 1 atom stereocenters. The summed E-state index contributed by atoms with van der Waals surface area (Å²) in [4.78, 5) is 11.1. The Bertz CT molecular complexity index is 502. The van der Waals surface area contributed by atoms with E-state index in [2.05, 4.69) is 46.3 Å². The minimum Gasteiger partial charge on any atom is -0.478 e. The Balaban J connectivity index is 2.42. The highest BCUT2D eigenvalue weighted by Gasteiger charge is 2.08. The fourth-order valence-corrected chi connectivity index (χ4v) is 2.67. The van der Waals surface area contributed by atoms with Crippen LogP contribution in [0.25, 0.3) is 0 Å². The molecule has 25 heavy (non-hydrogen) atoms. The summed E-state index contributed by atoms with van der Waals surface area (Å²) in [5, 5.41) is 6.80. The Morgan fingerprint density at radius 1 is 1.32 bits per heavy atom. The van der Waals surface area contributed by atoms with Crippen LogP contribution in [0.15, 0.2) is 23.3 Å². The quantitative estimate of drug-likeness (QED) is 0.475. The first-order valence-electron chi connectivity index (χ1n) is 9.40. The first-order chi connectivity index (χ1) is 12.1. The molecule has 1 aromatic heterocycles. The van der Waals surface area contributed by atoms with Crippen molar-refractivity contribution in [2.24, 2.45) is 4.99 Å². The third-order valence-corrected chi connectivity index (χ3v) is 4.19. The van der Waals surface area contributed by atoms with Gasteiger partial charge in [-0.05, 0) is 52.4 Å². The smallest absolute Gasteiger partial charge is 0.218 e. The van der Waals surface area contributed by atoms with Gasteiger partial charge in [0.2, 0.25) is 5.88 Å². The summed E-state index contributed by atoms with van der Waals surface area (Å²) in [5.74, 6) is 1.49. The number of nitrogens with zero attached hydrogens (tertiary/aromatic N) is 3. The molecule has 0 aromatic carbocycles. The maximum absolute atomic E-state index is 5.56. The third kappa shape index (κ3) is 8.20. The van der Waals surface area contributed by atoms with Crippen molar-refractivity contribution in [2.75, 3.05) is 33.3 Å².